The molecule has 0 aliphatic rings. The topological polar surface area (TPSA) is 69.5 Å². The van der Waals surface area contributed by atoms with Crippen molar-refractivity contribution in [2.24, 2.45) is 0 Å². The van der Waals surface area contributed by atoms with E-state index in [1.807, 2.05) is 11.4 Å². The molecule has 0 unspecified atom stereocenters. The van der Waals surface area contributed by atoms with Crippen LogP contribution in [0.25, 0.3) is 22.6 Å². The number of hydrogen-bond acceptors (Lipinski definition) is 4. The molecule has 0 aliphatic carbocycles. The van der Waals surface area contributed by atoms with E-state index in [0.29, 0.717) is 15.9 Å². The number of nitrogens with one attached hydrogen (secondary N) is 1. The Hall–Kier alpha value is -1.94. The molecule has 0 aliphatic heterocycles. The number of nitrogens with zero attached hydrogens (tertiary/aromatic N) is 2. The number of thiophene rings is 1. The molecule has 3 rings (SSSR count). The van der Waals surface area contributed by atoms with Gasteiger partial charge in [0.15, 0.2) is 5.82 Å². The van der Waals surface area contributed by atoms with Gasteiger partial charge in [0.1, 0.15) is 6.07 Å². The van der Waals surface area contributed by atoms with E-state index in [4.69, 9.17) is 11.6 Å². The SMILES string of the molecule is N#CC(=Cc1csc(Br)c1)c1nc2cc(Cl)ccc2c(=O)[nH]1. The first kappa shape index (κ1) is 15.0. The number of allylic oxidation sites excluding steroid dienone is 1. The van der Waals surface area contributed by atoms with Crippen molar-refractivity contribution in [3.8, 4) is 6.07 Å². The van der Waals surface area contributed by atoms with E-state index in [1.54, 1.807) is 24.3 Å². The number of nitriles is 1. The molecule has 0 bridgehead atoms. The van der Waals surface area contributed by atoms with Crippen molar-refractivity contribution in [3.05, 3.63) is 60.2 Å². The Labute approximate surface area is 142 Å². The summed E-state index contributed by atoms with van der Waals surface area (Å²) in [6.45, 7) is 0. The van der Waals surface area contributed by atoms with Crippen LogP contribution in [-0.4, -0.2) is 9.97 Å². The first-order valence-electron chi connectivity index (χ1n) is 6.12. The number of aromatic nitrogens is 2. The van der Waals surface area contributed by atoms with E-state index < -0.39 is 0 Å². The number of hydrogen-bond donors (Lipinski definition) is 1. The highest BCUT2D eigenvalue weighted by Gasteiger charge is 2.09. The normalized spacial score (nSPS) is 11.6. The molecule has 0 radical (unpaired) electrons. The second-order valence-corrected chi connectivity index (χ2v) is 7.16. The van der Waals surface area contributed by atoms with Gasteiger partial charge < -0.3 is 4.98 Å². The summed E-state index contributed by atoms with van der Waals surface area (Å²) in [7, 11) is 0. The van der Waals surface area contributed by atoms with E-state index in [1.165, 1.54) is 11.3 Å². The Morgan fingerprint density at radius 3 is 2.95 bits per heavy atom. The number of fused-ring (bicyclic) bond motifs is 1. The maximum Gasteiger partial charge on any atom is 0.259 e. The molecular weight excluding hydrogens is 386 g/mol. The molecule has 4 nitrogen and oxygen atoms in total. The van der Waals surface area contributed by atoms with Crippen LogP contribution in [0.3, 0.4) is 0 Å². The lowest BCUT2D eigenvalue weighted by Crippen LogP contribution is -2.11. The summed E-state index contributed by atoms with van der Waals surface area (Å²) in [6.07, 6.45) is 1.68. The Balaban J connectivity index is 2.18. The van der Waals surface area contributed by atoms with Gasteiger partial charge in [-0.05, 0) is 57.2 Å². The van der Waals surface area contributed by atoms with Gasteiger partial charge in [-0.15, -0.1) is 11.3 Å². The average molecular weight is 393 g/mol. The standard InChI is InChI=1S/C15H7BrClN3OS/c16-13-4-8(7-22-13)3-9(6-18)14-19-12-5-10(17)1-2-11(12)15(21)20-14/h1-5,7H,(H,19,20,21). The number of benzene rings is 1. The van der Waals surface area contributed by atoms with Crippen molar-refractivity contribution < 1.29 is 0 Å². The second kappa shape index (κ2) is 6.05. The quantitative estimate of drug-likeness (QED) is 0.654. The summed E-state index contributed by atoms with van der Waals surface area (Å²) < 4.78 is 0.961. The zero-order chi connectivity index (χ0) is 15.7. The monoisotopic (exact) mass is 391 g/mol. The van der Waals surface area contributed by atoms with E-state index in [-0.39, 0.29) is 17.0 Å². The predicted molar refractivity (Wildman–Crippen MR) is 92.9 cm³/mol. The van der Waals surface area contributed by atoms with Gasteiger partial charge in [-0.1, -0.05) is 11.6 Å². The summed E-state index contributed by atoms with van der Waals surface area (Å²) in [6, 6.07) is 8.80. The van der Waals surface area contributed by atoms with Gasteiger partial charge in [-0.3, -0.25) is 4.79 Å². The zero-order valence-corrected chi connectivity index (χ0v) is 14.1. The molecule has 1 N–H and O–H groups in total. The Morgan fingerprint density at radius 1 is 1.45 bits per heavy atom. The fraction of sp³-hybridized carbons (Fsp3) is 0. The Kier molecular flexibility index (Phi) is 4.12. The van der Waals surface area contributed by atoms with Crippen molar-refractivity contribution in [2.45, 2.75) is 0 Å². The number of halogens is 2. The molecule has 22 heavy (non-hydrogen) atoms. The molecular formula is C15H7BrClN3OS. The smallest absolute Gasteiger partial charge is 0.259 e. The molecule has 0 spiro atoms. The van der Waals surface area contributed by atoms with Crippen molar-refractivity contribution in [1.82, 2.24) is 9.97 Å². The first-order valence-corrected chi connectivity index (χ1v) is 8.17. The fourth-order valence-corrected chi connectivity index (χ4v) is 3.26. The highest BCUT2D eigenvalue weighted by atomic mass is 79.9. The van der Waals surface area contributed by atoms with Crippen LogP contribution in [0.15, 0.2) is 38.2 Å². The zero-order valence-electron chi connectivity index (χ0n) is 10.9. The van der Waals surface area contributed by atoms with Crippen molar-refractivity contribution in [3.63, 3.8) is 0 Å². The van der Waals surface area contributed by atoms with Gasteiger partial charge in [0.2, 0.25) is 0 Å². The third-order valence-corrected chi connectivity index (χ3v) is 4.70. The van der Waals surface area contributed by atoms with Crippen LogP contribution >= 0.6 is 38.9 Å². The van der Waals surface area contributed by atoms with Gasteiger partial charge in [-0.2, -0.15) is 5.26 Å². The molecule has 0 atom stereocenters. The van der Waals surface area contributed by atoms with Crippen LogP contribution in [0.2, 0.25) is 5.02 Å². The molecule has 0 fully saturated rings. The lowest BCUT2D eigenvalue weighted by Gasteiger charge is -2.02. The van der Waals surface area contributed by atoms with Crippen molar-refractivity contribution in [1.29, 1.82) is 5.26 Å². The van der Waals surface area contributed by atoms with Crippen LogP contribution in [-0.2, 0) is 0 Å². The van der Waals surface area contributed by atoms with E-state index >= 15 is 0 Å². The third kappa shape index (κ3) is 2.97. The lowest BCUT2D eigenvalue weighted by molar-refractivity contribution is 1.13. The van der Waals surface area contributed by atoms with Crippen LogP contribution in [0.4, 0.5) is 0 Å². The van der Waals surface area contributed by atoms with Gasteiger partial charge in [0, 0.05) is 5.02 Å². The molecule has 0 saturated heterocycles. The molecule has 7 heteroatoms. The molecule has 2 heterocycles. The fourth-order valence-electron chi connectivity index (χ4n) is 1.96. The molecule has 2 aromatic heterocycles. The summed E-state index contributed by atoms with van der Waals surface area (Å²) in [5.74, 6) is 0.226. The summed E-state index contributed by atoms with van der Waals surface area (Å²) in [5, 5.41) is 12.2. The van der Waals surface area contributed by atoms with Gasteiger partial charge in [0.25, 0.3) is 5.56 Å². The van der Waals surface area contributed by atoms with E-state index in [9.17, 15) is 10.1 Å². The minimum atomic E-state index is -0.302. The maximum absolute atomic E-state index is 12.1. The van der Waals surface area contributed by atoms with Gasteiger partial charge >= 0.3 is 0 Å². The van der Waals surface area contributed by atoms with Crippen molar-refractivity contribution >= 4 is 61.4 Å². The molecule has 3 aromatic rings. The van der Waals surface area contributed by atoms with Gasteiger partial charge in [-0.25, -0.2) is 4.98 Å². The van der Waals surface area contributed by atoms with Crippen molar-refractivity contribution in [2.75, 3.05) is 0 Å². The second-order valence-electron chi connectivity index (χ2n) is 4.43. The minimum Gasteiger partial charge on any atom is -0.305 e. The highest BCUT2D eigenvalue weighted by Crippen LogP contribution is 2.24. The highest BCUT2D eigenvalue weighted by molar-refractivity contribution is 9.11. The van der Waals surface area contributed by atoms with Crippen LogP contribution in [0.1, 0.15) is 11.4 Å². The van der Waals surface area contributed by atoms with E-state index in [0.717, 1.165) is 9.35 Å². The predicted octanol–water partition coefficient (Wildman–Crippen LogP) is 4.46. The molecule has 108 valence electrons. The van der Waals surface area contributed by atoms with Gasteiger partial charge in [0.05, 0.1) is 20.3 Å². The van der Waals surface area contributed by atoms with Crippen LogP contribution < -0.4 is 5.56 Å². The maximum atomic E-state index is 12.1. The average Bonchev–Trinajstić information content (AvgIpc) is 2.89. The van der Waals surface area contributed by atoms with E-state index in [2.05, 4.69) is 32.0 Å². The summed E-state index contributed by atoms with van der Waals surface area (Å²) >= 11 is 10.8. The van der Waals surface area contributed by atoms with Crippen LogP contribution in [0.5, 0.6) is 0 Å². The Bertz CT molecular complexity index is 1000. The largest absolute Gasteiger partial charge is 0.305 e. The molecule has 0 amide bonds. The Morgan fingerprint density at radius 2 is 2.27 bits per heavy atom. The summed E-state index contributed by atoms with van der Waals surface area (Å²) in [4.78, 5) is 19.1. The minimum absolute atomic E-state index is 0.226. The molecule has 0 saturated carbocycles. The van der Waals surface area contributed by atoms with Crippen LogP contribution in [0, 0.1) is 11.3 Å². The first-order chi connectivity index (χ1) is 10.6. The number of aromatic amines is 1. The summed E-state index contributed by atoms with van der Waals surface area (Å²) in [5.41, 5.74) is 1.30. The number of H-pyrrole nitrogens is 1. The number of rotatable bonds is 2. The lowest BCUT2D eigenvalue weighted by atomic mass is 10.2. The molecule has 1 aromatic carbocycles. The third-order valence-electron chi connectivity index (χ3n) is 2.94.